The number of hydrogen-bond donors (Lipinski definition) is 2. The summed E-state index contributed by atoms with van der Waals surface area (Å²) in [4.78, 5) is 12.8. The number of benzene rings is 2. The number of carbonyl (C=O) groups excluding carboxylic acids is 1. The first kappa shape index (κ1) is 20.2. The van der Waals surface area contributed by atoms with Gasteiger partial charge in [-0.15, -0.1) is 12.6 Å². The maximum atomic E-state index is 14.4. The number of amides is 1. The van der Waals surface area contributed by atoms with Gasteiger partial charge in [0.15, 0.2) is 5.69 Å². The van der Waals surface area contributed by atoms with E-state index in [1.54, 1.807) is 12.1 Å². The van der Waals surface area contributed by atoms with Crippen LogP contribution >= 0.6 is 24.2 Å². The first-order valence-electron chi connectivity index (χ1n) is 7.77. The van der Waals surface area contributed by atoms with Gasteiger partial charge < -0.3 is 5.32 Å². The molecule has 0 bridgehead atoms. The lowest BCUT2D eigenvalue weighted by atomic mass is 10.0. The number of alkyl halides is 3. The molecule has 4 nitrogen and oxygen atoms in total. The lowest BCUT2D eigenvalue weighted by Gasteiger charge is -2.13. The highest BCUT2D eigenvalue weighted by Crippen LogP contribution is 2.35. The molecule has 0 radical (unpaired) electrons. The lowest BCUT2D eigenvalue weighted by molar-refractivity contribution is -0.141. The highest BCUT2D eigenvalue weighted by Gasteiger charge is 2.39. The fourth-order valence-corrected chi connectivity index (χ4v) is 2.97. The number of nitrogens with one attached hydrogen (secondary N) is 1. The van der Waals surface area contributed by atoms with Crippen molar-refractivity contribution < 1.29 is 22.4 Å². The Bertz CT molecular complexity index is 1070. The van der Waals surface area contributed by atoms with Crippen molar-refractivity contribution in [3.63, 3.8) is 0 Å². The fraction of sp³-hybridized carbons (Fsp3) is 0.111. The molecule has 0 aliphatic carbocycles. The summed E-state index contributed by atoms with van der Waals surface area (Å²) < 4.78 is 54.6. The van der Waals surface area contributed by atoms with E-state index >= 15 is 0 Å². The molecule has 0 unspecified atom stereocenters. The summed E-state index contributed by atoms with van der Waals surface area (Å²) in [5.74, 6) is -1.68. The normalized spacial score (nSPS) is 11.5. The minimum absolute atomic E-state index is 0.0903. The van der Waals surface area contributed by atoms with Gasteiger partial charge in [-0.1, -0.05) is 29.8 Å². The van der Waals surface area contributed by atoms with Crippen LogP contribution in [-0.4, -0.2) is 15.7 Å². The van der Waals surface area contributed by atoms with Crippen molar-refractivity contribution in [1.29, 1.82) is 0 Å². The third-order valence-corrected chi connectivity index (χ3v) is 4.66. The predicted molar refractivity (Wildman–Crippen MR) is 100 cm³/mol. The molecule has 0 aliphatic rings. The second-order valence-electron chi connectivity index (χ2n) is 5.85. The first-order chi connectivity index (χ1) is 13.1. The molecular formula is C18H12ClF4N3OS. The Morgan fingerprint density at radius 2 is 1.89 bits per heavy atom. The number of aromatic nitrogens is 2. The lowest BCUT2D eigenvalue weighted by Crippen LogP contribution is -2.18. The van der Waals surface area contributed by atoms with Gasteiger partial charge in [0, 0.05) is 35.0 Å². The number of halogens is 5. The standard InChI is InChI=1S/C18H12ClF4N3OS/c1-26-8-11(16(25-26)18(21,22)23)17(27)24-14-5-3-2-4-9(14)10-6-15(28)12(19)7-13(10)20/h2-8,28H,1H3,(H,24,27). The monoisotopic (exact) mass is 429 g/mol. The molecule has 146 valence electrons. The van der Waals surface area contributed by atoms with Gasteiger partial charge in [-0.2, -0.15) is 18.3 Å². The van der Waals surface area contributed by atoms with E-state index in [1.165, 1.54) is 25.2 Å². The molecule has 1 amide bonds. The van der Waals surface area contributed by atoms with Crippen molar-refractivity contribution in [3.8, 4) is 11.1 Å². The maximum absolute atomic E-state index is 14.4. The highest BCUT2D eigenvalue weighted by atomic mass is 35.5. The average molecular weight is 430 g/mol. The van der Waals surface area contributed by atoms with Gasteiger partial charge >= 0.3 is 6.18 Å². The number of rotatable bonds is 3. The zero-order valence-electron chi connectivity index (χ0n) is 14.2. The molecule has 0 spiro atoms. The van der Waals surface area contributed by atoms with Crippen LogP contribution in [0.25, 0.3) is 11.1 Å². The van der Waals surface area contributed by atoms with Crippen LogP contribution in [0.3, 0.4) is 0 Å². The number of thiol groups is 1. The van der Waals surface area contributed by atoms with Crippen molar-refractivity contribution in [2.75, 3.05) is 5.32 Å². The van der Waals surface area contributed by atoms with Crippen molar-refractivity contribution in [2.24, 2.45) is 7.05 Å². The van der Waals surface area contributed by atoms with E-state index in [0.29, 0.717) is 4.90 Å². The average Bonchev–Trinajstić information content (AvgIpc) is 3.01. The fourth-order valence-electron chi connectivity index (χ4n) is 2.62. The van der Waals surface area contributed by atoms with Crippen molar-refractivity contribution in [2.45, 2.75) is 11.1 Å². The van der Waals surface area contributed by atoms with Gasteiger partial charge in [0.05, 0.1) is 10.6 Å². The summed E-state index contributed by atoms with van der Waals surface area (Å²) in [6, 6.07) is 8.56. The van der Waals surface area contributed by atoms with Gasteiger partial charge in [0.25, 0.3) is 5.91 Å². The van der Waals surface area contributed by atoms with Crippen molar-refractivity contribution in [1.82, 2.24) is 9.78 Å². The zero-order chi connectivity index (χ0) is 20.6. The molecule has 0 saturated heterocycles. The van der Waals surface area contributed by atoms with Crippen LogP contribution in [0.15, 0.2) is 47.5 Å². The summed E-state index contributed by atoms with van der Waals surface area (Å²) in [5, 5.41) is 5.81. The van der Waals surface area contributed by atoms with E-state index in [4.69, 9.17) is 11.6 Å². The van der Waals surface area contributed by atoms with Gasteiger partial charge in [0.1, 0.15) is 5.82 Å². The summed E-state index contributed by atoms with van der Waals surface area (Å²) in [5.41, 5.74) is -1.47. The van der Waals surface area contributed by atoms with E-state index in [9.17, 15) is 22.4 Å². The second kappa shape index (κ2) is 7.48. The van der Waals surface area contributed by atoms with Gasteiger partial charge in [-0.25, -0.2) is 4.39 Å². The van der Waals surface area contributed by atoms with Crippen LogP contribution in [0, 0.1) is 5.82 Å². The van der Waals surface area contributed by atoms with Gasteiger partial charge in [-0.05, 0) is 18.2 Å². The molecule has 1 heterocycles. The molecule has 3 rings (SSSR count). The third-order valence-electron chi connectivity index (χ3n) is 3.84. The van der Waals surface area contributed by atoms with E-state index in [0.717, 1.165) is 16.9 Å². The molecule has 1 aromatic heterocycles. The molecular weight excluding hydrogens is 418 g/mol. The Hall–Kier alpha value is -2.52. The van der Waals surface area contributed by atoms with Crippen LogP contribution in [0.2, 0.25) is 5.02 Å². The van der Waals surface area contributed by atoms with Crippen LogP contribution in [-0.2, 0) is 13.2 Å². The first-order valence-corrected chi connectivity index (χ1v) is 8.60. The quantitative estimate of drug-likeness (QED) is 0.430. The maximum Gasteiger partial charge on any atom is 0.435 e. The second-order valence-corrected chi connectivity index (χ2v) is 6.73. The molecule has 0 aliphatic heterocycles. The minimum Gasteiger partial charge on any atom is -0.321 e. The van der Waals surface area contributed by atoms with Gasteiger partial charge in [0.2, 0.25) is 0 Å². The number of para-hydroxylation sites is 1. The Morgan fingerprint density at radius 1 is 1.21 bits per heavy atom. The molecule has 3 aromatic rings. The van der Waals surface area contributed by atoms with Crippen molar-refractivity contribution >= 4 is 35.8 Å². The summed E-state index contributed by atoms with van der Waals surface area (Å²) >= 11 is 9.99. The Morgan fingerprint density at radius 3 is 2.57 bits per heavy atom. The van der Waals surface area contributed by atoms with Crippen LogP contribution < -0.4 is 5.32 Å². The van der Waals surface area contributed by atoms with Gasteiger partial charge in [-0.3, -0.25) is 9.48 Å². The van der Waals surface area contributed by atoms with E-state index < -0.39 is 29.2 Å². The molecule has 0 fully saturated rings. The molecule has 2 aromatic carbocycles. The van der Waals surface area contributed by atoms with E-state index in [-0.39, 0.29) is 21.8 Å². The molecule has 0 saturated carbocycles. The summed E-state index contributed by atoms with van der Waals surface area (Å²) in [6.45, 7) is 0. The summed E-state index contributed by atoms with van der Waals surface area (Å²) in [7, 11) is 1.28. The third kappa shape index (κ3) is 4.00. The molecule has 28 heavy (non-hydrogen) atoms. The SMILES string of the molecule is Cn1cc(C(=O)Nc2ccccc2-c2cc(S)c(Cl)cc2F)c(C(F)(F)F)n1. The zero-order valence-corrected chi connectivity index (χ0v) is 15.8. The van der Waals surface area contributed by atoms with Crippen LogP contribution in [0.1, 0.15) is 16.1 Å². The van der Waals surface area contributed by atoms with E-state index in [1.807, 2.05) is 0 Å². The number of nitrogens with zero attached hydrogens (tertiary/aromatic N) is 2. The Kier molecular flexibility index (Phi) is 5.40. The largest absolute Gasteiger partial charge is 0.435 e. The number of hydrogen-bond acceptors (Lipinski definition) is 3. The van der Waals surface area contributed by atoms with E-state index in [2.05, 4.69) is 23.0 Å². The predicted octanol–water partition coefficient (Wildman–Crippen LogP) is 5.44. The van der Waals surface area contributed by atoms with Crippen LogP contribution in [0.4, 0.5) is 23.2 Å². The smallest absolute Gasteiger partial charge is 0.321 e. The summed E-state index contributed by atoms with van der Waals surface area (Å²) in [6.07, 6.45) is -3.83. The Labute approximate surface area is 167 Å². The topological polar surface area (TPSA) is 46.9 Å². The molecule has 10 heteroatoms. The number of anilines is 1. The number of aryl methyl sites for hydroxylation is 1. The highest BCUT2D eigenvalue weighted by molar-refractivity contribution is 7.80. The Balaban J connectivity index is 2.02. The minimum atomic E-state index is -4.79. The van der Waals surface area contributed by atoms with Crippen LogP contribution in [0.5, 0.6) is 0 Å². The molecule has 0 atom stereocenters. The number of carbonyl (C=O) groups is 1. The van der Waals surface area contributed by atoms with Crippen molar-refractivity contribution in [3.05, 3.63) is 64.7 Å². The molecule has 1 N–H and O–H groups in total.